The molecule has 4 rings (SSSR count). The Hall–Kier alpha value is -2.27. The summed E-state index contributed by atoms with van der Waals surface area (Å²) in [5.74, 6) is -1.20. The lowest BCUT2D eigenvalue weighted by Gasteiger charge is -2.38. The summed E-state index contributed by atoms with van der Waals surface area (Å²) in [5.41, 5.74) is 0.289. The maximum atomic E-state index is 14.3. The number of carbonyl (C=O) groups is 2. The molecule has 0 radical (unpaired) electrons. The van der Waals surface area contributed by atoms with Crippen molar-refractivity contribution in [3.8, 4) is 11.3 Å². The Morgan fingerprint density at radius 1 is 1.19 bits per heavy atom. The molecule has 2 amide bonds. The second-order valence-corrected chi connectivity index (χ2v) is 7.57. The van der Waals surface area contributed by atoms with E-state index in [9.17, 15) is 14.0 Å². The molecule has 1 fully saturated rings. The third-order valence-electron chi connectivity index (χ3n) is 5.71. The van der Waals surface area contributed by atoms with Gasteiger partial charge in [-0.15, -0.1) is 0 Å². The van der Waals surface area contributed by atoms with Gasteiger partial charge in [0.25, 0.3) is 5.91 Å². The summed E-state index contributed by atoms with van der Waals surface area (Å²) < 4.78 is 14.3. The topological polar surface area (TPSA) is 59.1 Å². The van der Waals surface area contributed by atoms with E-state index in [2.05, 4.69) is 10.3 Å². The number of aromatic nitrogens is 1. The van der Waals surface area contributed by atoms with Gasteiger partial charge in [0.05, 0.1) is 27.4 Å². The van der Waals surface area contributed by atoms with Crippen molar-refractivity contribution in [3.63, 3.8) is 0 Å². The first kappa shape index (κ1) is 17.2. The Kier molecular flexibility index (Phi) is 4.07. The van der Waals surface area contributed by atoms with Crippen LogP contribution in [-0.2, 0) is 10.2 Å². The molecule has 0 spiro atoms. The number of nitrogens with one attached hydrogen (secondary N) is 1. The van der Waals surface area contributed by atoms with E-state index in [0.29, 0.717) is 11.3 Å². The summed E-state index contributed by atoms with van der Waals surface area (Å²) in [6.07, 6.45) is 3.89. The lowest BCUT2D eigenvalue weighted by molar-refractivity contribution is -0.127. The molecule has 1 saturated carbocycles. The predicted octanol–water partition coefficient (Wildman–Crippen LogP) is 4.26. The molecule has 1 unspecified atom stereocenters. The molecule has 0 bridgehead atoms. The molecule has 1 atom stereocenters. The first-order valence-electron chi connectivity index (χ1n) is 8.74. The average Bonchev–Trinajstić information content (AvgIpc) is 3.15. The molecule has 1 N–H and O–H groups in total. The molecule has 1 aliphatic heterocycles. The van der Waals surface area contributed by atoms with Crippen LogP contribution in [0.25, 0.3) is 11.3 Å². The fraction of sp³-hybridized carbons (Fsp3) is 0.350. The van der Waals surface area contributed by atoms with E-state index >= 15 is 0 Å². The molecule has 0 saturated heterocycles. The minimum atomic E-state index is -0.926. The summed E-state index contributed by atoms with van der Waals surface area (Å²) in [6, 6.07) is 7.71. The lowest BCUT2D eigenvalue weighted by Crippen LogP contribution is -2.54. The van der Waals surface area contributed by atoms with Crippen LogP contribution >= 0.6 is 11.6 Å². The Labute approximate surface area is 155 Å². The number of halogens is 2. The van der Waals surface area contributed by atoms with E-state index in [-0.39, 0.29) is 28.1 Å². The first-order chi connectivity index (χ1) is 12.4. The third-order valence-corrected chi connectivity index (χ3v) is 6.00. The Morgan fingerprint density at radius 2 is 1.88 bits per heavy atom. The predicted molar refractivity (Wildman–Crippen MR) is 96.4 cm³/mol. The smallest absolute Gasteiger partial charge is 0.259 e. The highest BCUT2D eigenvalue weighted by Gasteiger charge is 2.50. The summed E-state index contributed by atoms with van der Waals surface area (Å²) in [7, 11) is 0. The van der Waals surface area contributed by atoms with Crippen molar-refractivity contribution in [2.45, 2.75) is 38.0 Å². The van der Waals surface area contributed by atoms with Crippen molar-refractivity contribution in [2.24, 2.45) is 5.92 Å². The number of hydrogen-bond donors (Lipinski definition) is 1. The molecule has 4 nitrogen and oxygen atoms in total. The van der Waals surface area contributed by atoms with Crippen LogP contribution in [0.3, 0.4) is 0 Å². The van der Waals surface area contributed by atoms with E-state index in [0.717, 1.165) is 25.7 Å². The molecule has 134 valence electrons. The van der Waals surface area contributed by atoms with Crippen LogP contribution in [0.4, 0.5) is 4.39 Å². The van der Waals surface area contributed by atoms with Gasteiger partial charge in [0.2, 0.25) is 5.91 Å². The highest BCUT2D eigenvalue weighted by Crippen LogP contribution is 2.45. The number of nitrogens with zero attached hydrogens (tertiary/aromatic N) is 1. The Balaban J connectivity index is 1.96. The number of hydrogen-bond acceptors (Lipinski definition) is 3. The molecule has 2 aliphatic rings. The van der Waals surface area contributed by atoms with Gasteiger partial charge in [0, 0.05) is 5.56 Å². The summed E-state index contributed by atoms with van der Waals surface area (Å²) in [4.78, 5) is 29.7. The maximum Gasteiger partial charge on any atom is 0.259 e. The SMILES string of the molecule is CC1(C2CCCC2)C(=O)NC(=O)c2cc(Cl)c(-c3ccccc3F)nc21. The van der Waals surface area contributed by atoms with Gasteiger partial charge in [-0.1, -0.05) is 36.6 Å². The number of imide groups is 1. The zero-order chi connectivity index (χ0) is 18.5. The molecular formula is C20H18ClFN2O2. The largest absolute Gasteiger partial charge is 0.291 e. The van der Waals surface area contributed by atoms with Crippen molar-refractivity contribution >= 4 is 23.4 Å². The fourth-order valence-corrected chi connectivity index (χ4v) is 4.44. The number of fused-ring (bicyclic) bond motifs is 1. The number of pyridine rings is 1. The number of carbonyl (C=O) groups excluding carboxylic acids is 2. The van der Waals surface area contributed by atoms with E-state index in [1.54, 1.807) is 18.2 Å². The van der Waals surface area contributed by atoms with Crippen LogP contribution in [0, 0.1) is 11.7 Å². The monoisotopic (exact) mass is 372 g/mol. The van der Waals surface area contributed by atoms with E-state index < -0.39 is 17.1 Å². The zero-order valence-electron chi connectivity index (χ0n) is 14.3. The first-order valence-corrected chi connectivity index (χ1v) is 9.12. The summed E-state index contributed by atoms with van der Waals surface area (Å²) >= 11 is 6.33. The third kappa shape index (κ3) is 2.45. The van der Waals surface area contributed by atoms with Crippen LogP contribution in [0.2, 0.25) is 5.02 Å². The molecular weight excluding hydrogens is 355 g/mol. The summed E-state index contributed by atoms with van der Waals surface area (Å²) in [6.45, 7) is 1.83. The maximum absolute atomic E-state index is 14.3. The van der Waals surface area contributed by atoms with Gasteiger partial charge in [0.1, 0.15) is 5.82 Å². The van der Waals surface area contributed by atoms with Crippen molar-refractivity contribution in [1.82, 2.24) is 10.3 Å². The number of rotatable bonds is 2. The molecule has 2 heterocycles. The van der Waals surface area contributed by atoms with Crippen LogP contribution in [0.1, 0.15) is 48.7 Å². The number of benzene rings is 1. The Bertz CT molecular complexity index is 924. The lowest BCUT2D eigenvalue weighted by atomic mass is 9.69. The van der Waals surface area contributed by atoms with Gasteiger partial charge < -0.3 is 0 Å². The minimum absolute atomic E-state index is 0.0940. The van der Waals surface area contributed by atoms with Gasteiger partial charge >= 0.3 is 0 Å². The van der Waals surface area contributed by atoms with Gasteiger partial charge in [-0.2, -0.15) is 0 Å². The quantitative estimate of drug-likeness (QED) is 0.801. The highest BCUT2D eigenvalue weighted by molar-refractivity contribution is 6.33. The van der Waals surface area contributed by atoms with Crippen LogP contribution < -0.4 is 5.32 Å². The minimum Gasteiger partial charge on any atom is -0.291 e. The van der Waals surface area contributed by atoms with Crippen molar-refractivity contribution < 1.29 is 14.0 Å². The van der Waals surface area contributed by atoms with E-state index in [4.69, 9.17) is 11.6 Å². The molecule has 2 aromatic rings. The molecule has 6 heteroatoms. The summed E-state index contributed by atoms with van der Waals surface area (Å²) in [5, 5.41) is 2.64. The Morgan fingerprint density at radius 3 is 2.58 bits per heavy atom. The highest BCUT2D eigenvalue weighted by atomic mass is 35.5. The van der Waals surface area contributed by atoms with Crippen molar-refractivity contribution in [3.05, 3.63) is 52.4 Å². The zero-order valence-corrected chi connectivity index (χ0v) is 15.1. The number of amides is 2. The van der Waals surface area contributed by atoms with Crippen LogP contribution in [0.15, 0.2) is 30.3 Å². The van der Waals surface area contributed by atoms with Gasteiger partial charge in [-0.25, -0.2) is 9.37 Å². The molecule has 1 aromatic heterocycles. The normalized spacial score (nSPS) is 23.0. The second-order valence-electron chi connectivity index (χ2n) is 7.16. The second kappa shape index (κ2) is 6.16. The molecule has 26 heavy (non-hydrogen) atoms. The fourth-order valence-electron chi connectivity index (χ4n) is 4.19. The molecule has 1 aromatic carbocycles. The van der Waals surface area contributed by atoms with Gasteiger partial charge in [0.15, 0.2) is 0 Å². The van der Waals surface area contributed by atoms with Crippen LogP contribution in [-0.4, -0.2) is 16.8 Å². The van der Waals surface area contributed by atoms with E-state index in [1.807, 2.05) is 6.92 Å². The van der Waals surface area contributed by atoms with Crippen LogP contribution in [0.5, 0.6) is 0 Å². The standard InChI is InChI=1S/C20H18ClFN2O2/c1-20(11-6-2-3-7-11)17-13(18(25)24-19(20)26)10-14(21)16(23-17)12-8-4-5-9-15(12)22/h4-5,8-11H,2-3,6-7H2,1H3,(H,24,25,26). The van der Waals surface area contributed by atoms with Crippen molar-refractivity contribution in [1.29, 1.82) is 0 Å². The average molecular weight is 373 g/mol. The van der Waals surface area contributed by atoms with Gasteiger partial charge in [-0.3, -0.25) is 14.9 Å². The molecule has 1 aliphatic carbocycles. The van der Waals surface area contributed by atoms with E-state index in [1.165, 1.54) is 12.1 Å². The van der Waals surface area contributed by atoms with Crippen molar-refractivity contribution in [2.75, 3.05) is 0 Å². The van der Waals surface area contributed by atoms with Gasteiger partial charge in [-0.05, 0) is 43.9 Å².